The van der Waals surface area contributed by atoms with Crippen LogP contribution in [-0.4, -0.2) is 31.6 Å². The largest absolute Gasteiger partial charge is 0.492 e. The zero-order valence-electron chi connectivity index (χ0n) is 15.5. The Morgan fingerprint density at radius 1 is 1.31 bits per heavy atom. The SMILES string of the molecule is Cc1cccc(OCCNC(=O)C(C)N2CCCc3c(N)cccc32)c1. The maximum Gasteiger partial charge on any atom is 0.242 e. The van der Waals surface area contributed by atoms with Gasteiger partial charge in [0.05, 0.1) is 6.54 Å². The Morgan fingerprint density at radius 3 is 2.92 bits per heavy atom. The van der Waals surface area contributed by atoms with Crippen molar-refractivity contribution in [3.05, 3.63) is 53.6 Å². The number of carbonyl (C=O) groups is 1. The van der Waals surface area contributed by atoms with Gasteiger partial charge in [0, 0.05) is 17.9 Å². The standard InChI is InChI=1S/C21H27N3O2/c1-15-6-3-7-17(14-15)26-13-11-23-21(25)16(2)24-12-5-8-18-19(22)9-4-10-20(18)24/h3-4,6-7,9-10,14,16H,5,8,11-13,22H2,1-2H3,(H,23,25). The molecule has 2 aromatic carbocycles. The van der Waals surface area contributed by atoms with Crippen molar-refractivity contribution in [3.63, 3.8) is 0 Å². The van der Waals surface area contributed by atoms with E-state index in [2.05, 4.69) is 16.3 Å². The van der Waals surface area contributed by atoms with E-state index in [4.69, 9.17) is 10.5 Å². The van der Waals surface area contributed by atoms with Gasteiger partial charge in [0.1, 0.15) is 18.4 Å². The highest BCUT2D eigenvalue weighted by Gasteiger charge is 2.26. The number of anilines is 2. The first-order valence-electron chi connectivity index (χ1n) is 9.17. The van der Waals surface area contributed by atoms with Crippen molar-refractivity contribution in [1.82, 2.24) is 5.32 Å². The highest BCUT2D eigenvalue weighted by Crippen LogP contribution is 2.32. The number of carbonyl (C=O) groups excluding carboxylic acids is 1. The predicted octanol–water partition coefficient (Wildman–Crippen LogP) is 2.91. The Kier molecular flexibility index (Phi) is 5.66. The number of amides is 1. The van der Waals surface area contributed by atoms with E-state index in [1.54, 1.807) is 0 Å². The number of benzene rings is 2. The minimum absolute atomic E-state index is 0.00752. The Morgan fingerprint density at radius 2 is 2.12 bits per heavy atom. The molecule has 1 aliphatic rings. The molecule has 0 radical (unpaired) electrons. The van der Waals surface area contributed by atoms with Gasteiger partial charge in [-0.15, -0.1) is 0 Å². The van der Waals surface area contributed by atoms with Gasteiger partial charge in [-0.2, -0.15) is 0 Å². The number of hydrogen-bond acceptors (Lipinski definition) is 4. The third kappa shape index (κ3) is 4.10. The summed E-state index contributed by atoms with van der Waals surface area (Å²) in [4.78, 5) is 14.7. The summed E-state index contributed by atoms with van der Waals surface area (Å²) in [6.07, 6.45) is 1.98. The third-order valence-electron chi connectivity index (χ3n) is 4.83. The molecule has 0 spiro atoms. The number of fused-ring (bicyclic) bond motifs is 1. The first-order chi connectivity index (χ1) is 12.6. The second kappa shape index (κ2) is 8.13. The van der Waals surface area contributed by atoms with Gasteiger partial charge >= 0.3 is 0 Å². The first kappa shape index (κ1) is 18.1. The van der Waals surface area contributed by atoms with Crippen molar-refractivity contribution in [1.29, 1.82) is 0 Å². The van der Waals surface area contributed by atoms with Gasteiger partial charge in [0.25, 0.3) is 0 Å². The molecule has 1 amide bonds. The number of nitrogens with two attached hydrogens (primary N) is 1. The fourth-order valence-electron chi connectivity index (χ4n) is 3.42. The highest BCUT2D eigenvalue weighted by atomic mass is 16.5. The zero-order chi connectivity index (χ0) is 18.5. The number of ether oxygens (including phenoxy) is 1. The molecule has 1 heterocycles. The van der Waals surface area contributed by atoms with Crippen LogP contribution in [0.4, 0.5) is 11.4 Å². The van der Waals surface area contributed by atoms with E-state index in [1.165, 1.54) is 0 Å². The van der Waals surface area contributed by atoms with Gasteiger partial charge < -0.3 is 20.7 Å². The van der Waals surface area contributed by atoms with Crippen molar-refractivity contribution in [2.45, 2.75) is 32.7 Å². The molecule has 0 bridgehead atoms. The van der Waals surface area contributed by atoms with Crippen LogP contribution in [0.3, 0.4) is 0 Å². The molecule has 1 atom stereocenters. The van der Waals surface area contributed by atoms with E-state index >= 15 is 0 Å². The van der Waals surface area contributed by atoms with Crippen LogP contribution in [0, 0.1) is 6.92 Å². The Bertz CT molecular complexity index is 776. The van der Waals surface area contributed by atoms with Crippen LogP contribution in [0.1, 0.15) is 24.5 Å². The maximum atomic E-state index is 12.6. The molecule has 138 valence electrons. The van der Waals surface area contributed by atoms with Crippen LogP contribution < -0.4 is 20.7 Å². The molecule has 3 rings (SSSR count). The van der Waals surface area contributed by atoms with Crippen molar-refractivity contribution >= 4 is 17.3 Å². The van der Waals surface area contributed by atoms with Crippen LogP contribution in [0.5, 0.6) is 5.75 Å². The van der Waals surface area contributed by atoms with Gasteiger partial charge in [-0.3, -0.25) is 4.79 Å². The summed E-state index contributed by atoms with van der Waals surface area (Å²) < 4.78 is 5.69. The Hall–Kier alpha value is -2.69. The lowest BCUT2D eigenvalue weighted by Crippen LogP contribution is -2.48. The van der Waals surface area contributed by atoms with Crippen molar-refractivity contribution in [2.24, 2.45) is 0 Å². The normalized spacial score (nSPS) is 14.5. The monoisotopic (exact) mass is 353 g/mol. The molecule has 3 N–H and O–H groups in total. The lowest BCUT2D eigenvalue weighted by Gasteiger charge is -2.36. The molecule has 1 unspecified atom stereocenters. The number of nitrogen functional groups attached to an aromatic ring is 1. The molecule has 5 nitrogen and oxygen atoms in total. The zero-order valence-corrected chi connectivity index (χ0v) is 15.5. The molecule has 0 saturated heterocycles. The van der Waals surface area contributed by atoms with Crippen LogP contribution in [0.25, 0.3) is 0 Å². The van der Waals surface area contributed by atoms with Gasteiger partial charge in [-0.25, -0.2) is 0 Å². The smallest absolute Gasteiger partial charge is 0.242 e. The van der Waals surface area contributed by atoms with Gasteiger partial charge in [0.2, 0.25) is 5.91 Å². The topological polar surface area (TPSA) is 67.6 Å². The molecule has 0 aliphatic carbocycles. The molecule has 1 aliphatic heterocycles. The second-order valence-corrected chi connectivity index (χ2v) is 6.77. The fraction of sp³-hybridized carbons (Fsp3) is 0.381. The predicted molar refractivity (Wildman–Crippen MR) is 106 cm³/mol. The second-order valence-electron chi connectivity index (χ2n) is 6.77. The van der Waals surface area contributed by atoms with E-state index < -0.39 is 0 Å². The summed E-state index contributed by atoms with van der Waals surface area (Å²) in [6, 6.07) is 13.6. The van der Waals surface area contributed by atoms with E-state index in [1.807, 2.05) is 50.2 Å². The Labute approximate surface area is 155 Å². The van der Waals surface area contributed by atoms with E-state index in [0.717, 1.165) is 47.6 Å². The first-order valence-corrected chi connectivity index (χ1v) is 9.17. The minimum atomic E-state index is -0.241. The van der Waals surface area contributed by atoms with Gasteiger partial charge in [-0.05, 0) is 62.1 Å². The third-order valence-corrected chi connectivity index (χ3v) is 4.83. The number of rotatable bonds is 6. The number of hydrogen-bond donors (Lipinski definition) is 2. The molecular formula is C21H27N3O2. The van der Waals surface area contributed by atoms with Gasteiger partial charge in [-0.1, -0.05) is 18.2 Å². The fourth-order valence-corrected chi connectivity index (χ4v) is 3.42. The summed E-state index contributed by atoms with van der Waals surface area (Å²) in [6.45, 7) is 5.76. The number of nitrogens with one attached hydrogen (secondary N) is 1. The molecule has 0 saturated carbocycles. The van der Waals surface area contributed by atoms with E-state index in [9.17, 15) is 4.79 Å². The quantitative estimate of drug-likeness (QED) is 0.619. The minimum Gasteiger partial charge on any atom is -0.492 e. The molecule has 0 aromatic heterocycles. The molecular weight excluding hydrogens is 326 g/mol. The van der Waals surface area contributed by atoms with Crippen LogP contribution in [0.2, 0.25) is 0 Å². The van der Waals surface area contributed by atoms with Crippen molar-refractivity contribution < 1.29 is 9.53 Å². The summed E-state index contributed by atoms with van der Waals surface area (Å²) in [5, 5.41) is 2.97. The Balaban J connectivity index is 1.53. The van der Waals surface area contributed by atoms with Crippen LogP contribution in [-0.2, 0) is 11.2 Å². The number of nitrogens with zero attached hydrogens (tertiary/aromatic N) is 1. The lowest BCUT2D eigenvalue weighted by atomic mass is 9.98. The summed E-state index contributed by atoms with van der Waals surface area (Å²) in [5.74, 6) is 0.834. The summed E-state index contributed by atoms with van der Waals surface area (Å²) >= 11 is 0. The summed E-state index contributed by atoms with van der Waals surface area (Å²) in [5.41, 5.74) is 10.3. The highest BCUT2D eigenvalue weighted by molar-refractivity contribution is 5.86. The number of aryl methyl sites for hydroxylation is 1. The van der Waals surface area contributed by atoms with Crippen molar-refractivity contribution in [2.75, 3.05) is 30.3 Å². The molecule has 2 aromatic rings. The van der Waals surface area contributed by atoms with E-state index in [-0.39, 0.29) is 11.9 Å². The van der Waals surface area contributed by atoms with Crippen LogP contribution >= 0.6 is 0 Å². The molecule has 5 heteroatoms. The van der Waals surface area contributed by atoms with E-state index in [0.29, 0.717) is 13.2 Å². The van der Waals surface area contributed by atoms with Crippen molar-refractivity contribution in [3.8, 4) is 5.75 Å². The average Bonchev–Trinajstić information content (AvgIpc) is 2.64. The average molecular weight is 353 g/mol. The van der Waals surface area contributed by atoms with Crippen LogP contribution in [0.15, 0.2) is 42.5 Å². The summed E-state index contributed by atoms with van der Waals surface area (Å²) in [7, 11) is 0. The lowest BCUT2D eigenvalue weighted by molar-refractivity contribution is -0.122. The molecule has 26 heavy (non-hydrogen) atoms. The maximum absolute atomic E-state index is 12.6. The van der Waals surface area contributed by atoms with Gasteiger partial charge in [0.15, 0.2) is 0 Å². The molecule has 0 fully saturated rings.